The minimum Gasteiger partial charge on any atom is -0.370 e. The molecule has 2 fully saturated rings. The number of hydrogen-bond acceptors (Lipinski definition) is 3. The molecule has 102 valence electrons. The first-order chi connectivity index (χ1) is 9.36. The van der Waals surface area contributed by atoms with E-state index < -0.39 is 0 Å². The van der Waals surface area contributed by atoms with Crippen molar-refractivity contribution in [2.45, 2.75) is 19.3 Å². The van der Waals surface area contributed by atoms with Gasteiger partial charge in [-0.1, -0.05) is 12.1 Å². The van der Waals surface area contributed by atoms with Crippen molar-refractivity contribution in [1.29, 1.82) is 0 Å². The van der Waals surface area contributed by atoms with Crippen molar-refractivity contribution in [2.75, 3.05) is 42.5 Å². The number of anilines is 2. The summed E-state index contributed by atoms with van der Waals surface area (Å²) in [5.74, 6) is 0.177. The average molecular weight is 259 g/mol. The Morgan fingerprint density at radius 3 is 2.42 bits per heavy atom. The van der Waals surface area contributed by atoms with Gasteiger partial charge in [-0.2, -0.15) is 0 Å². The minimum atomic E-state index is 0.177. The molecule has 1 aromatic rings. The standard InChI is InChI=1S/C15H21N3O/c19-15-12-16-8-11-18(15)14-7-3-2-6-13(14)17-9-4-1-5-10-17/h2-3,6-7,16H,1,4-5,8-12H2. The first-order valence-corrected chi connectivity index (χ1v) is 7.21. The average Bonchev–Trinajstić information content (AvgIpc) is 2.49. The van der Waals surface area contributed by atoms with E-state index >= 15 is 0 Å². The topological polar surface area (TPSA) is 35.6 Å². The van der Waals surface area contributed by atoms with Crippen LogP contribution in [0.1, 0.15) is 19.3 Å². The quantitative estimate of drug-likeness (QED) is 0.876. The van der Waals surface area contributed by atoms with Crippen LogP contribution in [0.25, 0.3) is 0 Å². The number of nitrogens with zero attached hydrogens (tertiary/aromatic N) is 2. The molecule has 1 N–H and O–H groups in total. The molecule has 2 saturated heterocycles. The molecule has 2 aliphatic heterocycles. The zero-order chi connectivity index (χ0) is 13.1. The van der Waals surface area contributed by atoms with E-state index in [1.807, 2.05) is 11.0 Å². The Labute approximate surface area is 114 Å². The summed E-state index contributed by atoms with van der Waals surface area (Å²) in [6.07, 6.45) is 3.83. The predicted octanol–water partition coefficient (Wildman–Crippen LogP) is 1.61. The molecule has 0 unspecified atom stereocenters. The third-order valence-electron chi connectivity index (χ3n) is 3.96. The van der Waals surface area contributed by atoms with Crippen molar-refractivity contribution in [3.05, 3.63) is 24.3 Å². The van der Waals surface area contributed by atoms with Gasteiger partial charge in [0, 0.05) is 26.2 Å². The second-order valence-electron chi connectivity index (χ2n) is 5.26. The van der Waals surface area contributed by atoms with Crippen molar-refractivity contribution >= 4 is 17.3 Å². The first-order valence-electron chi connectivity index (χ1n) is 7.21. The number of piperazine rings is 1. The molecule has 1 aromatic carbocycles. The fourth-order valence-corrected chi connectivity index (χ4v) is 2.96. The maximum atomic E-state index is 12.1. The van der Waals surface area contributed by atoms with Gasteiger partial charge in [-0.25, -0.2) is 0 Å². The van der Waals surface area contributed by atoms with Gasteiger partial charge >= 0.3 is 0 Å². The maximum absolute atomic E-state index is 12.1. The third kappa shape index (κ3) is 2.59. The van der Waals surface area contributed by atoms with Crippen LogP contribution in [0.2, 0.25) is 0 Å². The number of piperidine rings is 1. The number of carbonyl (C=O) groups excluding carboxylic acids is 1. The van der Waals surface area contributed by atoms with Crippen LogP contribution < -0.4 is 15.1 Å². The minimum absolute atomic E-state index is 0.177. The molecular formula is C15H21N3O. The van der Waals surface area contributed by atoms with Crippen LogP contribution in [0.15, 0.2) is 24.3 Å². The van der Waals surface area contributed by atoms with E-state index in [1.54, 1.807) is 0 Å². The van der Waals surface area contributed by atoms with E-state index in [-0.39, 0.29) is 5.91 Å². The fourth-order valence-electron chi connectivity index (χ4n) is 2.96. The maximum Gasteiger partial charge on any atom is 0.241 e. The summed E-state index contributed by atoms with van der Waals surface area (Å²) in [5.41, 5.74) is 2.30. The lowest BCUT2D eigenvalue weighted by Gasteiger charge is -2.35. The van der Waals surface area contributed by atoms with Crippen molar-refractivity contribution < 1.29 is 4.79 Å². The zero-order valence-electron chi connectivity index (χ0n) is 11.3. The molecule has 2 heterocycles. The molecule has 0 aromatic heterocycles. The molecule has 3 rings (SSSR count). The van der Waals surface area contributed by atoms with Crippen LogP contribution in [0, 0.1) is 0 Å². The number of benzene rings is 1. The van der Waals surface area contributed by atoms with Crippen LogP contribution in [0.5, 0.6) is 0 Å². The summed E-state index contributed by atoms with van der Waals surface area (Å²) in [6.45, 7) is 4.31. The summed E-state index contributed by atoms with van der Waals surface area (Å²) in [5, 5.41) is 3.13. The van der Waals surface area contributed by atoms with Gasteiger partial charge in [0.2, 0.25) is 5.91 Å². The molecule has 4 nitrogen and oxygen atoms in total. The van der Waals surface area contributed by atoms with Crippen molar-refractivity contribution in [2.24, 2.45) is 0 Å². The molecular weight excluding hydrogens is 238 g/mol. The Morgan fingerprint density at radius 2 is 1.68 bits per heavy atom. The zero-order valence-corrected chi connectivity index (χ0v) is 11.3. The molecule has 0 aliphatic carbocycles. The number of para-hydroxylation sites is 2. The Kier molecular flexibility index (Phi) is 3.69. The molecule has 0 spiro atoms. The number of hydrogen-bond donors (Lipinski definition) is 1. The molecule has 0 radical (unpaired) electrons. The highest BCUT2D eigenvalue weighted by Crippen LogP contribution is 2.31. The van der Waals surface area contributed by atoms with Crippen LogP contribution in [0.3, 0.4) is 0 Å². The molecule has 1 amide bonds. The SMILES string of the molecule is O=C1CNCCN1c1ccccc1N1CCCCC1. The monoisotopic (exact) mass is 259 g/mol. The molecule has 0 saturated carbocycles. The van der Waals surface area contributed by atoms with Crippen molar-refractivity contribution in [1.82, 2.24) is 5.32 Å². The van der Waals surface area contributed by atoms with Crippen molar-refractivity contribution in [3.8, 4) is 0 Å². The first kappa shape index (κ1) is 12.5. The Hall–Kier alpha value is -1.55. The van der Waals surface area contributed by atoms with Gasteiger partial charge in [0.25, 0.3) is 0 Å². The van der Waals surface area contributed by atoms with Crippen molar-refractivity contribution in [3.63, 3.8) is 0 Å². The Bertz CT molecular complexity index is 454. The lowest BCUT2D eigenvalue weighted by Crippen LogP contribution is -2.48. The summed E-state index contributed by atoms with van der Waals surface area (Å²) in [7, 11) is 0. The van der Waals surface area contributed by atoms with Gasteiger partial charge in [0.15, 0.2) is 0 Å². The van der Waals surface area contributed by atoms with Gasteiger partial charge in [-0.15, -0.1) is 0 Å². The van der Waals surface area contributed by atoms with Gasteiger partial charge < -0.3 is 15.1 Å². The molecule has 4 heteroatoms. The van der Waals surface area contributed by atoms with E-state index in [0.717, 1.165) is 31.9 Å². The third-order valence-corrected chi connectivity index (χ3v) is 3.96. The smallest absolute Gasteiger partial charge is 0.241 e. The molecule has 0 atom stereocenters. The summed E-state index contributed by atoms with van der Waals surface area (Å²) in [6, 6.07) is 8.32. The van der Waals surface area contributed by atoms with E-state index in [4.69, 9.17) is 0 Å². The van der Waals surface area contributed by atoms with Crippen LogP contribution in [-0.2, 0) is 4.79 Å². The highest BCUT2D eigenvalue weighted by Gasteiger charge is 2.23. The highest BCUT2D eigenvalue weighted by atomic mass is 16.2. The lowest BCUT2D eigenvalue weighted by molar-refractivity contribution is -0.118. The number of amides is 1. The Balaban J connectivity index is 1.89. The number of rotatable bonds is 2. The second-order valence-corrected chi connectivity index (χ2v) is 5.26. The molecule has 2 aliphatic rings. The Morgan fingerprint density at radius 1 is 0.947 bits per heavy atom. The largest absolute Gasteiger partial charge is 0.370 e. The van der Waals surface area contributed by atoms with E-state index in [0.29, 0.717) is 6.54 Å². The van der Waals surface area contributed by atoms with E-state index in [9.17, 15) is 4.79 Å². The summed E-state index contributed by atoms with van der Waals surface area (Å²) >= 11 is 0. The van der Waals surface area contributed by atoms with Gasteiger partial charge in [-0.05, 0) is 31.4 Å². The normalized spacial score (nSPS) is 20.7. The molecule has 0 bridgehead atoms. The fraction of sp³-hybridized carbons (Fsp3) is 0.533. The lowest BCUT2D eigenvalue weighted by atomic mass is 10.1. The van der Waals surface area contributed by atoms with E-state index in [2.05, 4.69) is 28.4 Å². The second kappa shape index (κ2) is 5.61. The highest BCUT2D eigenvalue weighted by molar-refractivity contribution is 5.98. The van der Waals surface area contributed by atoms with E-state index in [1.165, 1.54) is 24.9 Å². The van der Waals surface area contributed by atoms with Crippen LogP contribution >= 0.6 is 0 Å². The summed E-state index contributed by atoms with van der Waals surface area (Å²) < 4.78 is 0. The van der Waals surface area contributed by atoms with Gasteiger partial charge in [0.05, 0.1) is 17.9 Å². The van der Waals surface area contributed by atoms with Crippen LogP contribution in [0.4, 0.5) is 11.4 Å². The van der Waals surface area contributed by atoms with Gasteiger partial charge in [0.1, 0.15) is 0 Å². The van der Waals surface area contributed by atoms with Gasteiger partial charge in [-0.3, -0.25) is 4.79 Å². The summed E-state index contributed by atoms with van der Waals surface area (Å²) in [4.78, 5) is 16.4. The predicted molar refractivity (Wildman–Crippen MR) is 77.7 cm³/mol. The number of nitrogens with one attached hydrogen (secondary N) is 1. The van der Waals surface area contributed by atoms with Crippen LogP contribution in [-0.4, -0.2) is 38.6 Å². The number of carbonyl (C=O) groups is 1. The molecule has 19 heavy (non-hydrogen) atoms.